The summed E-state index contributed by atoms with van der Waals surface area (Å²) in [5.41, 5.74) is -0.673. The van der Waals surface area contributed by atoms with E-state index in [9.17, 15) is 18.1 Å². The van der Waals surface area contributed by atoms with Crippen molar-refractivity contribution in [3.8, 4) is 0 Å². The highest BCUT2D eigenvalue weighted by atomic mass is 19.4. The summed E-state index contributed by atoms with van der Waals surface area (Å²) in [6.45, 7) is -3.94. The van der Waals surface area contributed by atoms with E-state index in [1.165, 1.54) is 4.90 Å². The first-order chi connectivity index (χ1) is 7.39. The first kappa shape index (κ1) is 12.2. The molecule has 2 rings (SSSR count). The third kappa shape index (κ3) is 2.72. The predicted molar refractivity (Wildman–Crippen MR) is 57.0 cm³/mol. The Hall–Kier alpha value is -0.225. The third-order valence-electron chi connectivity index (χ3n) is 3.98. The molecule has 0 amide bonds. The largest absolute Gasteiger partial charge is 0.492 e. The van der Waals surface area contributed by atoms with Gasteiger partial charge in [0, 0.05) is 12.5 Å². The van der Waals surface area contributed by atoms with Crippen molar-refractivity contribution in [3.63, 3.8) is 0 Å². The second-order valence-electron chi connectivity index (χ2n) is 5.27. The van der Waals surface area contributed by atoms with Gasteiger partial charge >= 0.3 is 6.98 Å². The van der Waals surface area contributed by atoms with E-state index in [-0.39, 0.29) is 5.92 Å². The quantitative estimate of drug-likeness (QED) is 0.741. The van der Waals surface area contributed by atoms with Crippen molar-refractivity contribution >= 4 is 6.98 Å². The molecule has 0 aromatic rings. The molecule has 1 aliphatic heterocycles. The number of fused-ring (bicyclic) bond motifs is 1. The number of nitrogens with zero attached hydrogens (tertiary/aromatic N) is 1. The van der Waals surface area contributed by atoms with Crippen molar-refractivity contribution in [2.45, 2.75) is 37.7 Å². The topological polar surface area (TPSA) is 23.5 Å². The maximum Gasteiger partial charge on any atom is 0.492 e. The van der Waals surface area contributed by atoms with Gasteiger partial charge in [-0.15, -0.1) is 0 Å². The van der Waals surface area contributed by atoms with Crippen molar-refractivity contribution < 1.29 is 18.1 Å². The van der Waals surface area contributed by atoms with Crippen molar-refractivity contribution in [1.29, 1.82) is 0 Å². The van der Waals surface area contributed by atoms with Gasteiger partial charge < -0.3 is 23.0 Å². The highest BCUT2D eigenvalue weighted by Crippen LogP contribution is 2.39. The van der Waals surface area contributed by atoms with Gasteiger partial charge in [0.1, 0.15) is 0 Å². The summed E-state index contributed by atoms with van der Waals surface area (Å²) in [6, 6.07) is 0. The number of aliphatic hydroxyl groups is 1. The van der Waals surface area contributed by atoms with E-state index < -0.39 is 19.0 Å². The Morgan fingerprint density at radius 2 is 2.00 bits per heavy atom. The molecule has 0 aromatic heterocycles. The maximum absolute atomic E-state index is 12.3. The Morgan fingerprint density at radius 3 is 2.69 bits per heavy atom. The van der Waals surface area contributed by atoms with Crippen LogP contribution in [-0.4, -0.2) is 42.1 Å². The number of piperidine rings is 1. The summed E-state index contributed by atoms with van der Waals surface area (Å²) in [5, 5.41) is 10.3. The van der Waals surface area contributed by atoms with Gasteiger partial charge in [-0.2, -0.15) is 0 Å². The summed E-state index contributed by atoms with van der Waals surface area (Å²) < 4.78 is 37.0. The van der Waals surface area contributed by atoms with E-state index >= 15 is 0 Å². The van der Waals surface area contributed by atoms with Crippen molar-refractivity contribution in [3.05, 3.63) is 0 Å². The van der Waals surface area contributed by atoms with Crippen LogP contribution in [-0.2, 0) is 0 Å². The van der Waals surface area contributed by atoms with Crippen LogP contribution in [0.2, 0.25) is 0 Å². The van der Waals surface area contributed by atoms with Gasteiger partial charge in [0.25, 0.3) is 0 Å². The fourth-order valence-electron chi connectivity index (χ4n) is 3.10. The zero-order chi connectivity index (χ0) is 11.8. The van der Waals surface area contributed by atoms with Gasteiger partial charge in [-0.05, 0) is 32.3 Å². The molecule has 94 valence electrons. The molecule has 2 nitrogen and oxygen atoms in total. The van der Waals surface area contributed by atoms with Crippen LogP contribution < -0.4 is 0 Å². The van der Waals surface area contributed by atoms with Gasteiger partial charge in [0.2, 0.25) is 0 Å². The smallest absolute Gasteiger partial charge is 0.448 e. The zero-order valence-electron chi connectivity index (χ0n) is 9.34. The fourth-order valence-corrected chi connectivity index (χ4v) is 3.10. The minimum absolute atomic E-state index is 0.0492. The lowest BCUT2D eigenvalue weighted by Gasteiger charge is -2.48. The lowest BCUT2D eigenvalue weighted by atomic mass is 9.70. The van der Waals surface area contributed by atoms with Crippen LogP contribution in [0.1, 0.15) is 32.1 Å². The van der Waals surface area contributed by atoms with Gasteiger partial charge in [0.15, 0.2) is 0 Å². The lowest BCUT2D eigenvalue weighted by Crippen LogP contribution is -2.55. The molecule has 0 aromatic carbocycles. The van der Waals surface area contributed by atoms with E-state index in [2.05, 4.69) is 0 Å². The highest BCUT2D eigenvalue weighted by Gasteiger charge is 2.43. The van der Waals surface area contributed by atoms with Crippen LogP contribution in [0.5, 0.6) is 0 Å². The molecule has 2 unspecified atom stereocenters. The van der Waals surface area contributed by atoms with Crippen LogP contribution in [0.4, 0.5) is 12.9 Å². The van der Waals surface area contributed by atoms with Crippen molar-refractivity contribution in [2.24, 2.45) is 5.92 Å². The molecule has 2 fully saturated rings. The summed E-state index contributed by atoms with van der Waals surface area (Å²) in [4.78, 5) is 1.46. The van der Waals surface area contributed by atoms with Crippen LogP contribution in [0.3, 0.4) is 0 Å². The summed E-state index contributed by atoms with van der Waals surface area (Å²) in [5.74, 6) is 0.0492. The first-order valence-electron chi connectivity index (χ1n) is 6.05. The minimum atomic E-state index is -4.73. The molecule has 1 saturated heterocycles. The third-order valence-corrected chi connectivity index (χ3v) is 3.98. The van der Waals surface area contributed by atoms with Crippen molar-refractivity contribution in [1.82, 2.24) is 4.90 Å². The van der Waals surface area contributed by atoms with E-state index in [0.717, 1.165) is 25.7 Å². The highest BCUT2D eigenvalue weighted by molar-refractivity contribution is 6.58. The normalized spacial score (nSPS) is 37.1. The van der Waals surface area contributed by atoms with Crippen LogP contribution in [0.25, 0.3) is 0 Å². The van der Waals surface area contributed by atoms with Crippen molar-refractivity contribution in [2.75, 3.05) is 19.5 Å². The molecule has 0 bridgehead atoms. The van der Waals surface area contributed by atoms with E-state index in [1.54, 1.807) is 0 Å². The Labute approximate surface area is 93.9 Å². The Bertz CT molecular complexity index is 261. The monoisotopic (exact) mass is 236 g/mol. The molecule has 0 radical (unpaired) electrons. The SMILES string of the molecule is OC12CCCCC1CN(C[B-](F)(F)F)CC2. The number of hydrogen-bond acceptors (Lipinski definition) is 2. The van der Waals surface area contributed by atoms with Gasteiger partial charge in [-0.1, -0.05) is 12.8 Å². The molecular formula is C10H18BF3NO-. The average molecular weight is 236 g/mol. The molecule has 2 atom stereocenters. The molecule has 1 N–H and O–H groups in total. The summed E-state index contributed by atoms with van der Waals surface area (Å²) in [7, 11) is 0. The summed E-state index contributed by atoms with van der Waals surface area (Å²) in [6.07, 6.45) is 3.42. The fraction of sp³-hybridized carbons (Fsp3) is 1.00. The first-order valence-corrected chi connectivity index (χ1v) is 6.05. The zero-order valence-corrected chi connectivity index (χ0v) is 9.34. The van der Waals surface area contributed by atoms with E-state index in [4.69, 9.17) is 0 Å². The van der Waals surface area contributed by atoms with Crippen LogP contribution in [0.15, 0.2) is 0 Å². The second kappa shape index (κ2) is 4.22. The minimum Gasteiger partial charge on any atom is -0.448 e. The standard InChI is InChI=1S/C10H18BF3NO/c12-11(13,14)8-15-6-5-10(16)4-2-1-3-9(10)7-15/h9,16H,1-8H2/q-1. The Kier molecular flexibility index (Phi) is 3.23. The molecular weight excluding hydrogens is 218 g/mol. The van der Waals surface area contributed by atoms with Gasteiger partial charge in [0.05, 0.1) is 5.60 Å². The molecule has 2 aliphatic rings. The number of likely N-dealkylation sites (tertiary alicyclic amines) is 1. The Morgan fingerprint density at radius 1 is 1.25 bits per heavy atom. The number of hydrogen-bond donors (Lipinski definition) is 1. The van der Waals surface area contributed by atoms with Crippen LogP contribution in [0, 0.1) is 5.92 Å². The molecule has 16 heavy (non-hydrogen) atoms. The molecule has 1 heterocycles. The Balaban J connectivity index is 1.94. The molecule has 6 heteroatoms. The molecule has 0 spiro atoms. The molecule has 1 saturated carbocycles. The summed E-state index contributed by atoms with van der Waals surface area (Å²) >= 11 is 0. The number of halogens is 3. The van der Waals surface area contributed by atoms with Gasteiger partial charge in [-0.3, -0.25) is 0 Å². The van der Waals surface area contributed by atoms with Crippen LogP contribution >= 0.6 is 0 Å². The lowest BCUT2D eigenvalue weighted by molar-refractivity contribution is -0.0935. The van der Waals surface area contributed by atoms with Gasteiger partial charge in [-0.25, -0.2) is 0 Å². The predicted octanol–water partition coefficient (Wildman–Crippen LogP) is 2.00. The van der Waals surface area contributed by atoms with E-state index in [1.807, 2.05) is 0 Å². The molecule has 1 aliphatic carbocycles. The average Bonchev–Trinajstić information content (AvgIpc) is 2.16. The maximum atomic E-state index is 12.3. The van der Waals surface area contributed by atoms with E-state index in [0.29, 0.717) is 19.5 Å². The second-order valence-corrected chi connectivity index (χ2v) is 5.27. The number of rotatable bonds is 2.